The number of carbonyl (C=O) groups excluding carboxylic acids is 1. The molecule has 1 saturated heterocycles. The molecule has 0 radical (unpaired) electrons. The van der Waals surface area contributed by atoms with Gasteiger partial charge in [-0.05, 0) is 25.8 Å². The number of halogens is 4. The van der Waals surface area contributed by atoms with Crippen molar-refractivity contribution in [3.8, 4) is 5.88 Å². The fourth-order valence-corrected chi connectivity index (χ4v) is 3.18. The fraction of sp³-hybridized carbons (Fsp3) is 0.650. The summed E-state index contributed by atoms with van der Waals surface area (Å²) in [6, 6.07) is 2.53. The molecule has 180 valence electrons. The van der Waals surface area contributed by atoms with Crippen molar-refractivity contribution >= 4 is 35.8 Å². The Morgan fingerprint density at radius 3 is 2.53 bits per heavy atom. The minimum atomic E-state index is -4.42. The molecular formula is C20H30F3IN6O2. The van der Waals surface area contributed by atoms with Crippen LogP contribution in [0.4, 0.5) is 13.2 Å². The number of guanidine groups is 1. The van der Waals surface area contributed by atoms with Crippen LogP contribution >= 0.6 is 24.0 Å². The molecule has 1 aliphatic heterocycles. The second-order valence-electron chi connectivity index (χ2n) is 7.57. The van der Waals surface area contributed by atoms with E-state index in [1.807, 2.05) is 6.92 Å². The highest BCUT2D eigenvalue weighted by atomic mass is 127. The number of hydrogen-bond acceptors (Lipinski definition) is 5. The topological polar surface area (TPSA) is 82.1 Å². The Balaban J connectivity index is 0.00000363. The number of nitrogens with one attached hydrogen (secondary N) is 2. The zero-order valence-electron chi connectivity index (χ0n) is 18.0. The molecule has 0 aromatic carbocycles. The molecule has 1 aromatic rings. The first-order valence-electron chi connectivity index (χ1n) is 10.6. The van der Waals surface area contributed by atoms with Crippen LogP contribution < -0.4 is 15.4 Å². The lowest BCUT2D eigenvalue weighted by Crippen LogP contribution is -2.54. The molecule has 2 N–H and O–H groups in total. The van der Waals surface area contributed by atoms with Gasteiger partial charge in [0.25, 0.3) is 0 Å². The van der Waals surface area contributed by atoms with Gasteiger partial charge in [-0.25, -0.2) is 9.98 Å². The molecular weight excluding hydrogens is 540 g/mol. The van der Waals surface area contributed by atoms with Crippen LogP contribution in [0.3, 0.4) is 0 Å². The van der Waals surface area contributed by atoms with Gasteiger partial charge in [0.1, 0.15) is 6.61 Å². The van der Waals surface area contributed by atoms with Gasteiger partial charge < -0.3 is 20.3 Å². The summed E-state index contributed by atoms with van der Waals surface area (Å²) >= 11 is 0. The molecule has 1 aliphatic carbocycles. The number of aromatic nitrogens is 1. The zero-order valence-corrected chi connectivity index (χ0v) is 20.4. The Bertz CT molecular complexity index is 751. The molecule has 1 saturated carbocycles. The van der Waals surface area contributed by atoms with E-state index in [4.69, 9.17) is 4.74 Å². The van der Waals surface area contributed by atoms with E-state index < -0.39 is 11.7 Å². The van der Waals surface area contributed by atoms with Gasteiger partial charge in [0.15, 0.2) is 5.96 Å². The predicted molar refractivity (Wildman–Crippen MR) is 125 cm³/mol. The molecule has 1 amide bonds. The number of rotatable bonds is 8. The predicted octanol–water partition coefficient (Wildman–Crippen LogP) is 1.96. The number of pyridine rings is 1. The summed E-state index contributed by atoms with van der Waals surface area (Å²) in [5, 5.41) is 6.26. The third kappa shape index (κ3) is 8.60. The molecule has 2 aliphatic rings. The van der Waals surface area contributed by atoms with Crippen LogP contribution in [0.15, 0.2) is 23.3 Å². The van der Waals surface area contributed by atoms with Crippen molar-refractivity contribution in [2.75, 3.05) is 52.4 Å². The number of amides is 1. The summed E-state index contributed by atoms with van der Waals surface area (Å²) in [7, 11) is 0. The van der Waals surface area contributed by atoms with Crippen LogP contribution in [0.2, 0.25) is 0 Å². The van der Waals surface area contributed by atoms with Crippen molar-refractivity contribution in [3.63, 3.8) is 0 Å². The average Bonchev–Trinajstić information content (AvgIpc) is 3.54. The van der Waals surface area contributed by atoms with Gasteiger partial charge in [0.05, 0.1) is 18.7 Å². The molecule has 8 nitrogen and oxygen atoms in total. The molecule has 0 unspecified atom stereocenters. The van der Waals surface area contributed by atoms with Crippen LogP contribution in [0, 0.1) is 0 Å². The van der Waals surface area contributed by atoms with Gasteiger partial charge >= 0.3 is 6.18 Å². The summed E-state index contributed by atoms with van der Waals surface area (Å²) in [4.78, 5) is 24.5. The molecule has 2 heterocycles. The standard InChI is InChI=1S/C20H29F3N6O2.HI/c1-2-24-19(25-7-12-31-18-6-3-15(13-26-18)20(21,22)23)29-10-8-28(9-11-29)14-17(30)27-16-4-5-16;/h3,6,13,16H,2,4-5,7-12,14H2,1H3,(H,24,25)(H,27,30);1H. The zero-order chi connectivity index (χ0) is 22.3. The van der Waals surface area contributed by atoms with Crippen molar-refractivity contribution in [2.45, 2.75) is 32.0 Å². The number of hydrogen-bond donors (Lipinski definition) is 2. The summed E-state index contributed by atoms with van der Waals surface area (Å²) in [6.07, 6.45) is -1.49. The van der Waals surface area contributed by atoms with Gasteiger partial charge in [-0.2, -0.15) is 13.2 Å². The van der Waals surface area contributed by atoms with Crippen LogP contribution in [-0.2, 0) is 11.0 Å². The van der Waals surface area contributed by atoms with E-state index in [1.165, 1.54) is 6.07 Å². The van der Waals surface area contributed by atoms with Crippen LogP contribution in [0.1, 0.15) is 25.3 Å². The highest BCUT2D eigenvalue weighted by Crippen LogP contribution is 2.29. The fourth-order valence-electron chi connectivity index (χ4n) is 3.18. The number of carbonyl (C=O) groups is 1. The first kappa shape index (κ1) is 26.4. The van der Waals surface area contributed by atoms with E-state index in [-0.39, 0.29) is 42.4 Å². The Hall–Kier alpha value is -1.83. The molecule has 3 rings (SSSR count). The number of alkyl halides is 3. The number of piperazine rings is 1. The van der Waals surface area contributed by atoms with E-state index in [0.29, 0.717) is 25.7 Å². The van der Waals surface area contributed by atoms with Crippen molar-refractivity contribution < 1.29 is 22.7 Å². The lowest BCUT2D eigenvalue weighted by Gasteiger charge is -2.36. The van der Waals surface area contributed by atoms with Crippen LogP contribution in [-0.4, -0.2) is 85.1 Å². The van der Waals surface area contributed by atoms with E-state index >= 15 is 0 Å². The van der Waals surface area contributed by atoms with Gasteiger partial charge in [0, 0.05) is 51.0 Å². The highest BCUT2D eigenvalue weighted by Gasteiger charge is 2.30. The lowest BCUT2D eigenvalue weighted by atomic mass is 10.3. The highest BCUT2D eigenvalue weighted by molar-refractivity contribution is 14.0. The van der Waals surface area contributed by atoms with Crippen molar-refractivity contribution in [2.24, 2.45) is 4.99 Å². The summed E-state index contributed by atoms with van der Waals surface area (Å²) in [5.41, 5.74) is -0.809. The van der Waals surface area contributed by atoms with Gasteiger partial charge in [-0.3, -0.25) is 9.69 Å². The minimum absolute atomic E-state index is 0. The smallest absolute Gasteiger partial charge is 0.417 e. The molecule has 12 heteroatoms. The second-order valence-corrected chi connectivity index (χ2v) is 7.57. The van der Waals surface area contributed by atoms with Gasteiger partial charge in [0.2, 0.25) is 11.8 Å². The number of nitrogens with zero attached hydrogens (tertiary/aromatic N) is 4. The minimum Gasteiger partial charge on any atom is -0.476 e. The third-order valence-corrected chi connectivity index (χ3v) is 4.98. The Labute approximate surface area is 203 Å². The lowest BCUT2D eigenvalue weighted by molar-refractivity contribution is -0.137. The van der Waals surface area contributed by atoms with Crippen LogP contribution in [0.25, 0.3) is 0 Å². The molecule has 0 atom stereocenters. The normalized spacial score (nSPS) is 17.5. The second kappa shape index (κ2) is 12.4. The molecule has 0 spiro atoms. The van der Waals surface area contributed by atoms with E-state index in [9.17, 15) is 18.0 Å². The van der Waals surface area contributed by atoms with Gasteiger partial charge in [-0.15, -0.1) is 24.0 Å². The van der Waals surface area contributed by atoms with E-state index in [0.717, 1.165) is 57.2 Å². The number of aliphatic imine (C=N–C) groups is 1. The summed E-state index contributed by atoms with van der Waals surface area (Å²) < 4.78 is 43.1. The average molecular weight is 570 g/mol. The van der Waals surface area contributed by atoms with E-state index in [2.05, 4.69) is 30.4 Å². The molecule has 32 heavy (non-hydrogen) atoms. The molecule has 1 aromatic heterocycles. The van der Waals surface area contributed by atoms with Crippen molar-refractivity contribution in [1.29, 1.82) is 0 Å². The van der Waals surface area contributed by atoms with Gasteiger partial charge in [-0.1, -0.05) is 0 Å². The molecule has 0 bridgehead atoms. The first-order valence-corrected chi connectivity index (χ1v) is 10.6. The Morgan fingerprint density at radius 2 is 1.97 bits per heavy atom. The monoisotopic (exact) mass is 570 g/mol. The molecule has 2 fully saturated rings. The maximum Gasteiger partial charge on any atom is 0.417 e. The van der Waals surface area contributed by atoms with E-state index in [1.54, 1.807) is 0 Å². The Kier molecular flexibility index (Phi) is 10.3. The first-order chi connectivity index (χ1) is 14.8. The van der Waals surface area contributed by atoms with Crippen molar-refractivity contribution in [3.05, 3.63) is 23.9 Å². The summed E-state index contributed by atoms with van der Waals surface area (Å²) in [5.74, 6) is 0.977. The Morgan fingerprint density at radius 1 is 1.25 bits per heavy atom. The maximum absolute atomic E-state index is 12.6. The van der Waals surface area contributed by atoms with Crippen LogP contribution in [0.5, 0.6) is 5.88 Å². The largest absolute Gasteiger partial charge is 0.476 e. The third-order valence-electron chi connectivity index (χ3n) is 4.98. The summed E-state index contributed by atoms with van der Waals surface area (Å²) in [6.45, 7) is 6.72. The quantitative estimate of drug-likeness (QED) is 0.215. The maximum atomic E-state index is 12.6. The SMILES string of the molecule is CCNC(=NCCOc1ccc(C(F)(F)F)cn1)N1CCN(CC(=O)NC2CC2)CC1.I. The van der Waals surface area contributed by atoms with Crippen molar-refractivity contribution in [1.82, 2.24) is 25.4 Å². The number of ether oxygens (including phenoxy) is 1.